The minimum absolute atomic E-state index is 0.137. The van der Waals surface area contributed by atoms with Gasteiger partial charge in [0.25, 0.3) is 11.8 Å². The molecule has 7 rings (SSSR count). The molecule has 11 heteroatoms. The van der Waals surface area contributed by atoms with Crippen LogP contribution in [0.4, 0.5) is 11.4 Å². The minimum Gasteiger partial charge on any atom is -0.493 e. The summed E-state index contributed by atoms with van der Waals surface area (Å²) in [5, 5.41) is 11.5. The molecule has 0 aliphatic carbocycles. The van der Waals surface area contributed by atoms with Crippen LogP contribution in [0, 0.1) is 0 Å². The Bertz CT molecular complexity index is 2270. The van der Waals surface area contributed by atoms with E-state index in [2.05, 4.69) is 51.0 Å². The van der Waals surface area contributed by atoms with Crippen molar-refractivity contribution in [3.8, 4) is 11.5 Å². The number of hydrogen-bond donors (Lipinski definition) is 2. The van der Waals surface area contributed by atoms with Crippen molar-refractivity contribution < 1.29 is 23.5 Å². The number of anilines is 2. The van der Waals surface area contributed by atoms with Gasteiger partial charge in [0.2, 0.25) is 0 Å². The molecule has 0 spiro atoms. The molecule has 2 amide bonds. The Balaban J connectivity index is 1.02. The third-order valence-corrected chi connectivity index (χ3v) is 9.32. The summed E-state index contributed by atoms with van der Waals surface area (Å²) >= 11 is 0. The number of aryl methyl sites for hydroxylation is 1. The fraction of sp³-hybridized carbons (Fsp3) is 0.231. The normalized spacial score (nSPS) is 13.7. The second-order valence-electron chi connectivity index (χ2n) is 12.5. The fourth-order valence-electron chi connectivity index (χ4n) is 6.60. The van der Waals surface area contributed by atoms with Crippen molar-refractivity contribution in [3.05, 3.63) is 124 Å². The summed E-state index contributed by atoms with van der Waals surface area (Å²) in [5.74, 6) is -0.301. The quantitative estimate of drug-likeness (QED) is 0.177. The van der Waals surface area contributed by atoms with Crippen LogP contribution in [0.15, 0.2) is 100 Å². The molecule has 2 aromatic heterocycles. The van der Waals surface area contributed by atoms with Crippen LogP contribution in [0.3, 0.4) is 0 Å². The Hall–Kier alpha value is -5.94. The Labute approximate surface area is 288 Å². The number of nitrogens with zero attached hydrogens (tertiary/aromatic N) is 3. The van der Waals surface area contributed by atoms with Crippen molar-refractivity contribution in [1.82, 2.24) is 14.7 Å². The molecule has 1 fully saturated rings. The summed E-state index contributed by atoms with van der Waals surface area (Å²) in [6, 6.07) is 25.3. The molecular weight excluding hydrogens is 634 g/mol. The fourth-order valence-corrected chi connectivity index (χ4v) is 6.60. The molecule has 11 nitrogen and oxygen atoms in total. The van der Waals surface area contributed by atoms with E-state index in [1.165, 1.54) is 37.5 Å². The van der Waals surface area contributed by atoms with Gasteiger partial charge in [0.05, 0.1) is 42.6 Å². The van der Waals surface area contributed by atoms with Gasteiger partial charge in [0.15, 0.2) is 22.7 Å². The Morgan fingerprint density at radius 3 is 2.38 bits per heavy atom. The number of benzene rings is 4. The van der Waals surface area contributed by atoms with Crippen molar-refractivity contribution in [2.24, 2.45) is 7.05 Å². The number of aromatic nitrogens is 2. The standard InChI is InChI=1S/C39H37N5O6/c1-43-32-13-8-24(18-27(32)22-40-43)23-44-16-14-26(15-17-44)25-9-11-28(12-10-25)41-38(46)30-19-35(48-2)36(49-3)20-31(30)42-39(47)37-21-33(45)29-6-4-5-7-34(29)50-37/h4-13,18-22,26H,14-17,23H2,1-3H3,(H,41,46)(H,42,47). The smallest absolute Gasteiger partial charge is 0.291 e. The van der Waals surface area contributed by atoms with Gasteiger partial charge in [-0.3, -0.25) is 24.0 Å². The molecule has 254 valence electrons. The highest BCUT2D eigenvalue weighted by molar-refractivity contribution is 6.12. The Morgan fingerprint density at radius 2 is 1.62 bits per heavy atom. The number of likely N-dealkylation sites (tertiary alicyclic amines) is 1. The number of piperidine rings is 1. The third-order valence-electron chi connectivity index (χ3n) is 9.32. The number of hydrogen-bond acceptors (Lipinski definition) is 8. The van der Waals surface area contributed by atoms with E-state index in [9.17, 15) is 14.4 Å². The summed E-state index contributed by atoms with van der Waals surface area (Å²) in [4.78, 5) is 42.1. The van der Waals surface area contributed by atoms with Gasteiger partial charge in [0.1, 0.15) is 5.58 Å². The summed E-state index contributed by atoms with van der Waals surface area (Å²) in [5.41, 5.74) is 4.49. The second kappa shape index (κ2) is 13.9. The van der Waals surface area contributed by atoms with E-state index in [4.69, 9.17) is 13.9 Å². The number of fused-ring (bicyclic) bond motifs is 2. The number of nitrogens with one attached hydrogen (secondary N) is 2. The lowest BCUT2D eigenvalue weighted by Gasteiger charge is -2.32. The van der Waals surface area contributed by atoms with Gasteiger partial charge in [-0.05, 0) is 85.4 Å². The SMILES string of the molecule is COc1cc(NC(=O)c2cc(=O)c3ccccc3o2)c(C(=O)Nc2ccc(C3CCN(Cc4ccc5c(cnn5C)c4)CC3)cc2)cc1OC. The van der Waals surface area contributed by atoms with Crippen molar-refractivity contribution in [3.63, 3.8) is 0 Å². The number of para-hydroxylation sites is 1. The van der Waals surface area contributed by atoms with Gasteiger partial charge < -0.3 is 24.5 Å². The van der Waals surface area contributed by atoms with Gasteiger partial charge in [-0.2, -0.15) is 5.10 Å². The average molecular weight is 672 g/mol. The highest BCUT2D eigenvalue weighted by Gasteiger charge is 2.23. The van der Waals surface area contributed by atoms with E-state index in [1.54, 1.807) is 24.3 Å². The van der Waals surface area contributed by atoms with Gasteiger partial charge in [-0.15, -0.1) is 0 Å². The van der Waals surface area contributed by atoms with Crippen LogP contribution in [0.1, 0.15) is 50.8 Å². The molecule has 6 aromatic rings. The molecule has 0 saturated carbocycles. The molecule has 1 aliphatic heterocycles. The van der Waals surface area contributed by atoms with Gasteiger partial charge in [-0.1, -0.05) is 30.3 Å². The maximum absolute atomic E-state index is 13.7. The molecule has 0 atom stereocenters. The zero-order chi connectivity index (χ0) is 34.8. The van der Waals surface area contributed by atoms with Crippen molar-refractivity contribution in [2.45, 2.75) is 25.3 Å². The Kier molecular flexibility index (Phi) is 9.05. The molecule has 0 bridgehead atoms. The minimum atomic E-state index is -0.695. The first-order chi connectivity index (χ1) is 24.3. The number of carbonyl (C=O) groups is 2. The van der Waals surface area contributed by atoms with E-state index in [-0.39, 0.29) is 28.0 Å². The summed E-state index contributed by atoms with van der Waals surface area (Å²) in [7, 11) is 4.88. The summed E-state index contributed by atoms with van der Waals surface area (Å²) in [6.07, 6.45) is 4.01. The van der Waals surface area contributed by atoms with Gasteiger partial charge >= 0.3 is 0 Å². The molecular formula is C39H37N5O6. The number of carbonyl (C=O) groups excluding carboxylic acids is 2. The van der Waals surface area contributed by atoms with Crippen LogP contribution in [-0.2, 0) is 13.6 Å². The number of ether oxygens (including phenoxy) is 2. The molecule has 0 unspecified atom stereocenters. The second-order valence-corrected chi connectivity index (χ2v) is 12.5. The topological polar surface area (TPSA) is 128 Å². The van der Waals surface area contributed by atoms with Crippen molar-refractivity contribution in [1.29, 1.82) is 0 Å². The summed E-state index contributed by atoms with van der Waals surface area (Å²) in [6.45, 7) is 2.92. The van der Waals surface area contributed by atoms with E-state index in [0.717, 1.165) is 49.4 Å². The van der Waals surface area contributed by atoms with Crippen molar-refractivity contribution in [2.75, 3.05) is 37.9 Å². The maximum atomic E-state index is 13.7. The van der Waals surface area contributed by atoms with Crippen molar-refractivity contribution >= 4 is 45.1 Å². The van der Waals surface area contributed by atoms with Gasteiger partial charge in [0, 0.05) is 36.8 Å². The van der Waals surface area contributed by atoms with E-state index in [1.807, 2.05) is 30.1 Å². The van der Waals surface area contributed by atoms with Crippen LogP contribution >= 0.6 is 0 Å². The lowest BCUT2D eigenvalue weighted by molar-refractivity contribution is 0.0997. The van der Waals surface area contributed by atoms with E-state index >= 15 is 0 Å². The zero-order valence-corrected chi connectivity index (χ0v) is 28.1. The molecule has 0 radical (unpaired) electrons. The van der Waals surface area contributed by atoms with Crippen LogP contribution in [0.2, 0.25) is 0 Å². The third kappa shape index (κ3) is 6.68. The number of amides is 2. The highest BCUT2D eigenvalue weighted by Crippen LogP contribution is 2.35. The lowest BCUT2D eigenvalue weighted by Crippen LogP contribution is -2.32. The van der Waals surface area contributed by atoms with Crippen LogP contribution in [0.25, 0.3) is 21.9 Å². The van der Waals surface area contributed by atoms with Crippen LogP contribution < -0.4 is 25.5 Å². The molecule has 1 saturated heterocycles. The molecule has 4 aromatic carbocycles. The zero-order valence-electron chi connectivity index (χ0n) is 28.1. The monoisotopic (exact) mass is 671 g/mol. The van der Waals surface area contributed by atoms with E-state index in [0.29, 0.717) is 28.5 Å². The predicted octanol–water partition coefficient (Wildman–Crippen LogP) is 6.58. The first kappa shape index (κ1) is 32.6. The Morgan fingerprint density at radius 1 is 0.880 bits per heavy atom. The van der Waals surface area contributed by atoms with Gasteiger partial charge in [-0.25, -0.2) is 0 Å². The molecule has 2 N–H and O–H groups in total. The first-order valence-electron chi connectivity index (χ1n) is 16.4. The number of rotatable bonds is 9. The molecule has 50 heavy (non-hydrogen) atoms. The lowest BCUT2D eigenvalue weighted by atomic mass is 9.89. The predicted molar refractivity (Wildman–Crippen MR) is 192 cm³/mol. The van der Waals surface area contributed by atoms with Crippen LogP contribution in [-0.4, -0.2) is 53.8 Å². The maximum Gasteiger partial charge on any atom is 0.291 e. The first-order valence-corrected chi connectivity index (χ1v) is 16.4. The molecule has 1 aliphatic rings. The summed E-state index contributed by atoms with van der Waals surface area (Å²) < 4.78 is 18.5. The molecule has 3 heterocycles. The van der Waals surface area contributed by atoms with Crippen LogP contribution in [0.5, 0.6) is 11.5 Å². The largest absolute Gasteiger partial charge is 0.493 e. The average Bonchev–Trinajstić information content (AvgIpc) is 3.51. The number of methoxy groups -OCH3 is 2. The van der Waals surface area contributed by atoms with E-state index < -0.39 is 11.8 Å². The highest BCUT2D eigenvalue weighted by atomic mass is 16.5.